The number of aliphatic hydroxyl groups is 1. The Morgan fingerprint density at radius 3 is 2.77 bits per heavy atom. The molecule has 0 atom stereocenters. The van der Waals surface area contributed by atoms with Crippen molar-refractivity contribution in [2.75, 3.05) is 25.0 Å². The fourth-order valence-electron chi connectivity index (χ4n) is 4.91. The molecule has 1 saturated heterocycles. The van der Waals surface area contributed by atoms with Crippen molar-refractivity contribution in [1.29, 1.82) is 0 Å². The molecular weight excluding hydrogens is 520 g/mol. The molecule has 0 unspecified atom stereocenters. The molecule has 2 aromatic carbocycles. The summed E-state index contributed by atoms with van der Waals surface area (Å²) in [6.45, 7) is 3.34. The maximum Gasteiger partial charge on any atom is 0.223 e. The van der Waals surface area contributed by atoms with Gasteiger partial charge in [0.25, 0.3) is 0 Å². The Hall–Kier alpha value is -3.80. The van der Waals surface area contributed by atoms with Gasteiger partial charge in [0.2, 0.25) is 5.95 Å². The summed E-state index contributed by atoms with van der Waals surface area (Å²) in [7, 11) is 0. The minimum Gasteiger partial charge on any atom is -0.393 e. The van der Waals surface area contributed by atoms with E-state index in [1.165, 1.54) is 23.6 Å². The number of thiophene rings is 1. The van der Waals surface area contributed by atoms with E-state index in [2.05, 4.69) is 30.5 Å². The van der Waals surface area contributed by atoms with Crippen molar-refractivity contribution >= 4 is 27.4 Å². The lowest BCUT2D eigenvalue weighted by Crippen LogP contribution is -2.35. The third-order valence-corrected chi connectivity index (χ3v) is 8.12. The highest BCUT2D eigenvalue weighted by molar-refractivity contribution is 7.22. The Bertz CT molecular complexity index is 1580. The molecule has 0 bridgehead atoms. The highest BCUT2D eigenvalue weighted by Gasteiger charge is 2.20. The van der Waals surface area contributed by atoms with Crippen LogP contribution in [0.1, 0.15) is 18.4 Å². The van der Waals surface area contributed by atoms with Crippen LogP contribution < -0.4 is 5.32 Å². The smallest absolute Gasteiger partial charge is 0.223 e. The van der Waals surface area contributed by atoms with Crippen molar-refractivity contribution in [3.05, 3.63) is 78.3 Å². The van der Waals surface area contributed by atoms with E-state index in [1.54, 1.807) is 23.1 Å². The summed E-state index contributed by atoms with van der Waals surface area (Å²) < 4.78 is 32.0. The van der Waals surface area contributed by atoms with Crippen molar-refractivity contribution in [3.8, 4) is 21.7 Å². The number of nitrogens with one attached hydrogen (secondary N) is 1. The first-order valence-electron chi connectivity index (χ1n) is 12.9. The van der Waals surface area contributed by atoms with Gasteiger partial charge in [-0.15, -0.1) is 16.4 Å². The minimum atomic E-state index is -0.510. The fraction of sp³-hybridized carbons (Fsp3) is 0.286. The largest absolute Gasteiger partial charge is 0.393 e. The van der Waals surface area contributed by atoms with Crippen LogP contribution >= 0.6 is 11.3 Å². The predicted octanol–water partition coefficient (Wildman–Crippen LogP) is 4.96. The number of likely N-dealkylation sites (tertiary alicyclic amines) is 1. The maximum atomic E-state index is 14.9. The van der Waals surface area contributed by atoms with Crippen LogP contribution in [0.5, 0.6) is 0 Å². The second-order valence-corrected chi connectivity index (χ2v) is 10.7. The second kappa shape index (κ2) is 11.1. The van der Waals surface area contributed by atoms with Crippen molar-refractivity contribution in [2.45, 2.75) is 32.0 Å². The lowest BCUT2D eigenvalue weighted by Gasteiger charge is -2.30. The highest BCUT2D eigenvalue weighted by Crippen LogP contribution is 2.41. The van der Waals surface area contributed by atoms with Gasteiger partial charge in [0.1, 0.15) is 11.5 Å². The maximum absolute atomic E-state index is 14.9. The summed E-state index contributed by atoms with van der Waals surface area (Å²) in [5, 5.41) is 21.6. The first kappa shape index (κ1) is 25.5. The Labute approximate surface area is 228 Å². The molecule has 1 aliphatic heterocycles. The van der Waals surface area contributed by atoms with E-state index in [4.69, 9.17) is 0 Å². The van der Waals surface area contributed by atoms with E-state index < -0.39 is 5.82 Å². The van der Waals surface area contributed by atoms with Crippen LogP contribution in [0.2, 0.25) is 0 Å². The molecule has 8 nitrogen and oxygen atoms in total. The standard InChI is InChI=1S/C28H27F2N7OS/c29-20-5-4-19(17-36-10-6-21(38)7-11-36)23(15-20)22-3-1-2-18-14-25(39-27(18)22)26-24(30)16-32-28(34-26)31-8-12-37-13-9-33-35-37/h1-5,9,13-16,21,38H,6-8,10-12,17H2,(H,31,32,34). The van der Waals surface area contributed by atoms with Gasteiger partial charge in [-0.3, -0.25) is 9.58 Å². The quantitative estimate of drug-likeness (QED) is 0.284. The molecule has 11 heteroatoms. The molecule has 200 valence electrons. The zero-order valence-corrected chi connectivity index (χ0v) is 21.9. The van der Waals surface area contributed by atoms with Crippen molar-refractivity contribution in [1.82, 2.24) is 29.9 Å². The number of benzene rings is 2. The van der Waals surface area contributed by atoms with E-state index in [0.29, 0.717) is 30.5 Å². The molecule has 2 N–H and O–H groups in total. The van der Waals surface area contributed by atoms with Crippen LogP contribution in [0.4, 0.5) is 14.7 Å². The number of aromatic nitrogens is 5. The molecule has 0 aliphatic carbocycles. The molecule has 39 heavy (non-hydrogen) atoms. The number of rotatable bonds is 8. The molecule has 1 fully saturated rings. The molecule has 3 aromatic heterocycles. The SMILES string of the molecule is OC1CCN(Cc2ccc(F)cc2-c2cccc3cc(-c4nc(NCCn5ccnn5)ncc4F)sc23)CC1. The topological polar surface area (TPSA) is 92.0 Å². The summed E-state index contributed by atoms with van der Waals surface area (Å²) in [6.07, 6.45) is 5.76. The summed E-state index contributed by atoms with van der Waals surface area (Å²) in [5.74, 6) is -0.494. The van der Waals surface area contributed by atoms with Gasteiger partial charge in [0, 0.05) is 37.1 Å². The zero-order valence-electron chi connectivity index (χ0n) is 21.1. The number of halogens is 2. The number of aliphatic hydroxyl groups excluding tert-OH is 1. The highest BCUT2D eigenvalue weighted by atomic mass is 32.1. The Balaban J connectivity index is 1.31. The van der Waals surface area contributed by atoms with Gasteiger partial charge in [-0.05, 0) is 53.1 Å². The van der Waals surface area contributed by atoms with E-state index in [1.807, 2.05) is 30.3 Å². The average molecular weight is 548 g/mol. The van der Waals surface area contributed by atoms with Crippen LogP contribution in [0.15, 0.2) is 61.1 Å². The van der Waals surface area contributed by atoms with E-state index in [0.717, 1.165) is 52.7 Å². The van der Waals surface area contributed by atoms with Crippen LogP contribution in [0, 0.1) is 11.6 Å². The van der Waals surface area contributed by atoms with Crippen LogP contribution in [-0.2, 0) is 13.1 Å². The molecule has 0 radical (unpaired) electrons. The van der Waals surface area contributed by atoms with Gasteiger partial charge in [-0.1, -0.05) is 29.5 Å². The average Bonchev–Trinajstić information content (AvgIpc) is 3.62. The fourth-order valence-corrected chi connectivity index (χ4v) is 6.09. The lowest BCUT2D eigenvalue weighted by atomic mass is 9.97. The summed E-state index contributed by atoms with van der Waals surface area (Å²) >= 11 is 1.43. The van der Waals surface area contributed by atoms with Gasteiger partial charge < -0.3 is 10.4 Å². The van der Waals surface area contributed by atoms with Crippen LogP contribution in [0.3, 0.4) is 0 Å². The molecule has 0 amide bonds. The zero-order chi connectivity index (χ0) is 26.8. The lowest BCUT2D eigenvalue weighted by molar-refractivity contribution is 0.0793. The van der Waals surface area contributed by atoms with E-state index >= 15 is 0 Å². The molecule has 0 spiro atoms. The first-order valence-corrected chi connectivity index (χ1v) is 13.7. The molecule has 6 rings (SSSR count). The molecule has 1 aliphatic rings. The number of hydrogen-bond acceptors (Lipinski definition) is 8. The normalized spacial score (nSPS) is 14.7. The van der Waals surface area contributed by atoms with E-state index in [9.17, 15) is 13.9 Å². The molecule has 0 saturated carbocycles. The van der Waals surface area contributed by atoms with Crippen molar-refractivity contribution in [3.63, 3.8) is 0 Å². The molecular formula is C28H27F2N7OS. The summed E-state index contributed by atoms with van der Waals surface area (Å²) in [4.78, 5) is 11.5. The number of hydrogen-bond donors (Lipinski definition) is 2. The minimum absolute atomic E-state index is 0.215. The monoisotopic (exact) mass is 547 g/mol. The van der Waals surface area contributed by atoms with Crippen LogP contribution in [-0.4, -0.2) is 60.7 Å². The summed E-state index contributed by atoms with van der Waals surface area (Å²) in [5.41, 5.74) is 2.95. The third kappa shape index (κ3) is 5.65. The second-order valence-electron chi connectivity index (χ2n) is 9.63. The van der Waals surface area contributed by atoms with E-state index in [-0.39, 0.29) is 17.6 Å². The number of anilines is 1. The van der Waals surface area contributed by atoms with Gasteiger partial charge in [0.05, 0.1) is 29.9 Å². The van der Waals surface area contributed by atoms with Crippen molar-refractivity contribution < 1.29 is 13.9 Å². The Kier molecular flexibility index (Phi) is 7.27. The van der Waals surface area contributed by atoms with Crippen LogP contribution in [0.25, 0.3) is 31.8 Å². The van der Waals surface area contributed by atoms with Gasteiger partial charge in [-0.25, -0.2) is 18.7 Å². The Morgan fingerprint density at radius 2 is 1.95 bits per heavy atom. The van der Waals surface area contributed by atoms with Crippen molar-refractivity contribution in [2.24, 2.45) is 0 Å². The number of nitrogens with zero attached hydrogens (tertiary/aromatic N) is 6. The molecule has 5 aromatic rings. The van der Waals surface area contributed by atoms with Gasteiger partial charge in [0.15, 0.2) is 5.82 Å². The Morgan fingerprint density at radius 1 is 1.08 bits per heavy atom. The van der Waals surface area contributed by atoms with Gasteiger partial charge in [-0.2, -0.15) is 0 Å². The number of piperidine rings is 1. The number of fused-ring (bicyclic) bond motifs is 1. The van der Waals surface area contributed by atoms with Gasteiger partial charge >= 0.3 is 0 Å². The molecule has 4 heterocycles. The third-order valence-electron chi connectivity index (χ3n) is 6.93. The predicted molar refractivity (Wildman–Crippen MR) is 147 cm³/mol. The first-order chi connectivity index (χ1) is 19.0. The summed E-state index contributed by atoms with van der Waals surface area (Å²) in [6, 6.07) is 12.7.